The number of rotatable bonds is 4. The van der Waals surface area contributed by atoms with Crippen molar-refractivity contribution in [2.45, 2.75) is 31.0 Å². The third-order valence-corrected chi connectivity index (χ3v) is 5.33. The Labute approximate surface area is 107 Å². The van der Waals surface area contributed by atoms with Crippen LogP contribution in [0.1, 0.15) is 17.4 Å². The number of nitrogens with one attached hydrogen (secondary N) is 1. The third-order valence-electron chi connectivity index (χ3n) is 2.12. The summed E-state index contributed by atoms with van der Waals surface area (Å²) in [5.74, 6) is 0. The maximum absolute atomic E-state index is 11.8. The van der Waals surface area contributed by atoms with E-state index >= 15 is 0 Å². The van der Waals surface area contributed by atoms with Crippen molar-refractivity contribution in [3.63, 3.8) is 0 Å². The van der Waals surface area contributed by atoms with E-state index in [4.69, 9.17) is 5.73 Å². The number of hydrogen-bond donors (Lipinski definition) is 2. The van der Waals surface area contributed by atoms with E-state index in [2.05, 4.69) is 4.72 Å². The predicted molar refractivity (Wildman–Crippen MR) is 69.9 cm³/mol. The molecule has 0 saturated heterocycles. The van der Waals surface area contributed by atoms with Gasteiger partial charge in [-0.3, -0.25) is 0 Å². The Morgan fingerprint density at radius 1 is 1.50 bits per heavy atom. The van der Waals surface area contributed by atoms with Gasteiger partial charge in [0.2, 0.25) is 10.0 Å². The van der Waals surface area contributed by atoms with Crippen molar-refractivity contribution in [1.29, 1.82) is 0 Å². The van der Waals surface area contributed by atoms with Gasteiger partial charge in [-0.2, -0.15) is 0 Å². The van der Waals surface area contributed by atoms with E-state index in [0.29, 0.717) is 10.8 Å². The lowest BCUT2D eigenvalue weighted by molar-refractivity contribution is 0.564. The topological polar surface area (TPSA) is 72.2 Å². The van der Waals surface area contributed by atoms with Crippen LogP contribution in [0.15, 0.2) is 10.3 Å². The van der Waals surface area contributed by atoms with Crippen molar-refractivity contribution >= 4 is 33.8 Å². The van der Waals surface area contributed by atoms with E-state index in [0.717, 1.165) is 10.4 Å². The van der Waals surface area contributed by atoms with Crippen LogP contribution >= 0.6 is 23.7 Å². The maximum atomic E-state index is 11.8. The lowest BCUT2D eigenvalue weighted by atomic mass is 10.3. The molecule has 0 aliphatic heterocycles. The van der Waals surface area contributed by atoms with Crippen molar-refractivity contribution in [1.82, 2.24) is 4.72 Å². The van der Waals surface area contributed by atoms with E-state index in [9.17, 15) is 8.42 Å². The van der Waals surface area contributed by atoms with Crippen molar-refractivity contribution in [2.75, 3.05) is 6.54 Å². The summed E-state index contributed by atoms with van der Waals surface area (Å²) in [7, 11) is -3.38. The van der Waals surface area contributed by atoms with E-state index in [1.54, 1.807) is 13.0 Å². The Hall–Kier alpha value is -0.140. The smallest absolute Gasteiger partial charge is 0.250 e. The van der Waals surface area contributed by atoms with Crippen LogP contribution < -0.4 is 10.5 Å². The molecule has 0 unspecified atom stereocenters. The van der Waals surface area contributed by atoms with E-state index in [-0.39, 0.29) is 18.4 Å². The van der Waals surface area contributed by atoms with Gasteiger partial charge in [0.1, 0.15) is 4.21 Å². The fourth-order valence-electron chi connectivity index (χ4n) is 1.04. The Bertz CT molecular complexity index is 423. The predicted octanol–water partition coefficient (Wildman–Crippen LogP) is 1.41. The highest BCUT2D eigenvalue weighted by Gasteiger charge is 2.19. The Balaban J connectivity index is 0.00000225. The molecule has 0 bridgehead atoms. The molecule has 4 nitrogen and oxygen atoms in total. The average molecular weight is 285 g/mol. The fourth-order valence-corrected chi connectivity index (χ4v) is 3.83. The van der Waals surface area contributed by atoms with Crippen LogP contribution in [0, 0.1) is 13.8 Å². The van der Waals surface area contributed by atoms with E-state index in [1.807, 2.05) is 13.8 Å². The zero-order chi connectivity index (χ0) is 11.6. The summed E-state index contributed by atoms with van der Waals surface area (Å²) in [6, 6.07) is 1.45. The summed E-state index contributed by atoms with van der Waals surface area (Å²) < 4.78 is 26.5. The summed E-state index contributed by atoms with van der Waals surface area (Å²) in [5.41, 5.74) is 6.37. The van der Waals surface area contributed by atoms with Gasteiger partial charge in [-0.1, -0.05) is 0 Å². The molecule has 0 aliphatic carbocycles. The van der Waals surface area contributed by atoms with Crippen LogP contribution in [0.4, 0.5) is 0 Å². The molecule has 3 N–H and O–H groups in total. The number of halogens is 1. The molecule has 1 heterocycles. The molecule has 94 valence electrons. The molecule has 0 spiro atoms. The summed E-state index contributed by atoms with van der Waals surface area (Å²) in [6.07, 6.45) is 0. The largest absolute Gasteiger partial charge is 0.329 e. The molecular weight excluding hydrogens is 268 g/mol. The van der Waals surface area contributed by atoms with E-state index < -0.39 is 10.0 Å². The van der Waals surface area contributed by atoms with Crippen molar-refractivity contribution < 1.29 is 8.42 Å². The Morgan fingerprint density at radius 2 is 2.06 bits per heavy atom. The Kier molecular flexibility index (Phi) is 5.92. The highest BCUT2D eigenvalue weighted by Crippen LogP contribution is 2.24. The standard InChI is InChI=1S/C9H16N2O2S2.ClH/c1-6-4-9(14-8(6)3)15(12,13)11-7(2)5-10;/h4,7,11H,5,10H2,1-3H3;1H/t7-;/m1./s1. The molecule has 0 aromatic carbocycles. The molecule has 1 aromatic heterocycles. The van der Waals surface area contributed by atoms with Gasteiger partial charge in [0.15, 0.2) is 0 Å². The molecule has 7 heteroatoms. The molecule has 16 heavy (non-hydrogen) atoms. The van der Waals surface area contributed by atoms with Gasteiger partial charge in [0.25, 0.3) is 0 Å². The van der Waals surface area contributed by atoms with Gasteiger partial charge in [-0.25, -0.2) is 13.1 Å². The monoisotopic (exact) mass is 284 g/mol. The highest BCUT2D eigenvalue weighted by atomic mass is 35.5. The zero-order valence-electron chi connectivity index (χ0n) is 9.48. The number of thiophene rings is 1. The van der Waals surface area contributed by atoms with Crippen LogP contribution in [0.25, 0.3) is 0 Å². The molecule has 1 atom stereocenters. The number of nitrogens with two attached hydrogens (primary N) is 1. The van der Waals surface area contributed by atoms with Crippen molar-refractivity contribution in [3.05, 3.63) is 16.5 Å². The normalized spacial score (nSPS) is 13.2. The van der Waals surface area contributed by atoms with Gasteiger partial charge in [0.05, 0.1) is 0 Å². The molecule has 0 saturated carbocycles. The van der Waals surface area contributed by atoms with E-state index in [1.165, 1.54) is 11.3 Å². The van der Waals surface area contributed by atoms with Crippen LogP contribution in [-0.2, 0) is 10.0 Å². The minimum atomic E-state index is -3.38. The van der Waals surface area contributed by atoms with Crippen LogP contribution in [0.3, 0.4) is 0 Å². The molecule has 0 radical (unpaired) electrons. The number of aryl methyl sites for hydroxylation is 2. The first-order valence-electron chi connectivity index (χ1n) is 4.66. The molecule has 1 rings (SSSR count). The number of sulfonamides is 1. The highest BCUT2D eigenvalue weighted by molar-refractivity contribution is 7.91. The van der Waals surface area contributed by atoms with Crippen LogP contribution in [0.5, 0.6) is 0 Å². The second-order valence-corrected chi connectivity index (χ2v) is 6.76. The van der Waals surface area contributed by atoms with Crippen LogP contribution in [0.2, 0.25) is 0 Å². The van der Waals surface area contributed by atoms with Gasteiger partial charge in [-0.15, -0.1) is 23.7 Å². The van der Waals surface area contributed by atoms with Gasteiger partial charge in [-0.05, 0) is 32.4 Å². The van der Waals surface area contributed by atoms with Gasteiger partial charge < -0.3 is 5.73 Å². The second kappa shape index (κ2) is 5.97. The first-order valence-corrected chi connectivity index (χ1v) is 6.96. The lowest BCUT2D eigenvalue weighted by Crippen LogP contribution is -2.37. The quantitative estimate of drug-likeness (QED) is 0.878. The lowest BCUT2D eigenvalue weighted by Gasteiger charge is -2.10. The molecule has 0 amide bonds. The third kappa shape index (κ3) is 3.71. The van der Waals surface area contributed by atoms with Gasteiger partial charge >= 0.3 is 0 Å². The molecular formula is C9H17ClN2O2S2. The first-order chi connectivity index (χ1) is 6.86. The summed E-state index contributed by atoms with van der Waals surface area (Å²) in [6.45, 7) is 5.84. The van der Waals surface area contributed by atoms with Gasteiger partial charge in [0, 0.05) is 17.5 Å². The summed E-state index contributed by atoms with van der Waals surface area (Å²) in [4.78, 5) is 1.02. The second-order valence-electron chi connectivity index (χ2n) is 3.56. The number of hydrogen-bond acceptors (Lipinski definition) is 4. The summed E-state index contributed by atoms with van der Waals surface area (Å²) >= 11 is 1.28. The first kappa shape index (κ1) is 15.9. The average Bonchev–Trinajstić information content (AvgIpc) is 2.47. The fraction of sp³-hybridized carbons (Fsp3) is 0.556. The van der Waals surface area contributed by atoms with Crippen molar-refractivity contribution in [3.8, 4) is 0 Å². The molecule has 0 fully saturated rings. The van der Waals surface area contributed by atoms with Crippen LogP contribution in [-0.4, -0.2) is 21.0 Å². The molecule has 1 aromatic rings. The zero-order valence-corrected chi connectivity index (χ0v) is 11.9. The maximum Gasteiger partial charge on any atom is 0.250 e. The van der Waals surface area contributed by atoms with Crippen molar-refractivity contribution in [2.24, 2.45) is 5.73 Å². The molecule has 0 aliphatic rings. The Morgan fingerprint density at radius 3 is 2.44 bits per heavy atom. The SMILES string of the molecule is Cc1cc(S(=O)(=O)N[C@H](C)CN)sc1C.Cl. The minimum Gasteiger partial charge on any atom is -0.329 e. The summed E-state index contributed by atoms with van der Waals surface area (Å²) in [5, 5.41) is 0. The minimum absolute atomic E-state index is 0.